The van der Waals surface area contributed by atoms with E-state index in [1.807, 2.05) is 60.8 Å². The zero-order valence-corrected chi connectivity index (χ0v) is 12.1. The number of aliphatic hydroxyl groups excluding tert-OH is 1. The van der Waals surface area contributed by atoms with Gasteiger partial charge in [-0.25, -0.2) is 0 Å². The topological polar surface area (TPSA) is 32.6 Å². The van der Waals surface area contributed by atoms with Gasteiger partial charge in [-0.1, -0.05) is 58.4 Å². The van der Waals surface area contributed by atoms with Gasteiger partial charge in [0.1, 0.15) is 0 Å². The van der Waals surface area contributed by atoms with Crippen molar-refractivity contribution in [1.82, 2.24) is 0 Å². The third-order valence-corrected chi connectivity index (χ3v) is 3.33. The number of benzene rings is 2. The first-order valence-electron chi connectivity index (χ1n) is 6.24. The van der Waals surface area contributed by atoms with E-state index in [-0.39, 0.29) is 12.6 Å². The maximum absolute atomic E-state index is 9.16. The number of hydrogen-bond acceptors (Lipinski definition) is 2. The number of aliphatic hydroxyl groups is 1. The molecule has 2 nitrogen and oxygen atoms in total. The number of aliphatic imine (C=N–C) groups is 1. The lowest BCUT2D eigenvalue weighted by molar-refractivity contribution is 0.277. The molecule has 0 amide bonds. The van der Waals surface area contributed by atoms with E-state index in [9.17, 15) is 0 Å². The molecule has 2 aromatic carbocycles. The summed E-state index contributed by atoms with van der Waals surface area (Å²) in [7, 11) is 0. The van der Waals surface area contributed by atoms with Crippen molar-refractivity contribution in [2.75, 3.05) is 6.61 Å². The third-order valence-electron chi connectivity index (χ3n) is 2.84. The van der Waals surface area contributed by atoms with E-state index in [0.717, 1.165) is 15.6 Å². The molecule has 0 aliphatic carbocycles. The Balaban J connectivity index is 2.17. The first kappa shape index (κ1) is 14.0. The van der Waals surface area contributed by atoms with Crippen LogP contribution < -0.4 is 0 Å². The van der Waals surface area contributed by atoms with Gasteiger partial charge in [0, 0.05) is 17.3 Å². The van der Waals surface area contributed by atoms with Crippen LogP contribution in [0.25, 0.3) is 0 Å². The molecule has 0 saturated heterocycles. The Morgan fingerprint density at radius 2 is 1.89 bits per heavy atom. The average Bonchev–Trinajstić information content (AvgIpc) is 2.44. The summed E-state index contributed by atoms with van der Waals surface area (Å²) in [6.45, 7) is 0.134. The number of hydrogen-bond donors (Lipinski definition) is 1. The lowest BCUT2D eigenvalue weighted by Gasteiger charge is -2.11. The van der Waals surface area contributed by atoms with E-state index in [0.29, 0.717) is 6.42 Å². The van der Waals surface area contributed by atoms with Crippen LogP contribution in [-0.4, -0.2) is 17.9 Å². The Morgan fingerprint density at radius 3 is 2.58 bits per heavy atom. The highest BCUT2D eigenvalue weighted by atomic mass is 79.9. The largest absolute Gasteiger partial charge is 0.396 e. The van der Waals surface area contributed by atoms with Gasteiger partial charge in [0.2, 0.25) is 0 Å². The van der Waals surface area contributed by atoms with Crippen molar-refractivity contribution >= 4 is 22.1 Å². The lowest BCUT2D eigenvalue weighted by atomic mass is 10.0. The summed E-state index contributed by atoms with van der Waals surface area (Å²) in [5, 5.41) is 9.16. The predicted octanol–water partition coefficient (Wildman–Crippen LogP) is 3.99. The molecule has 2 rings (SSSR count). The summed E-state index contributed by atoms with van der Waals surface area (Å²) in [5.41, 5.74) is 2.18. The van der Waals surface area contributed by atoms with Crippen LogP contribution >= 0.6 is 15.9 Å². The molecule has 0 spiro atoms. The van der Waals surface area contributed by atoms with Crippen molar-refractivity contribution < 1.29 is 5.11 Å². The van der Waals surface area contributed by atoms with E-state index < -0.39 is 0 Å². The van der Waals surface area contributed by atoms with E-state index >= 15 is 0 Å². The fourth-order valence-corrected chi connectivity index (χ4v) is 2.30. The van der Waals surface area contributed by atoms with Crippen LogP contribution in [0.15, 0.2) is 64.1 Å². The number of halogens is 1. The highest BCUT2D eigenvalue weighted by Crippen LogP contribution is 2.20. The molecule has 0 aliphatic heterocycles. The van der Waals surface area contributed by atoms with E-state index in [2.05, 4.69) is 20.9 Å². The van der Waals surface area contributed by atoms with Crippen LogP contribution in [0.4, 0.5) is 0 Å². The van der Waals surface area contributed by atoms with Crippen molar-refractivity contribution in [3.8, 4) is 0 Å². The van der Waals surface area contributed by atoms with Gasteiger partial charge in [-0.15, -0.1) is 0 Å². The zero-order valence-electron chi connectivity index (χ0n) is 10.5. The molecule has 0 bridgehead atoms. The molecule has 0 aromatic heterocycles. The van der Waals surface area contributed by atoms with Gasteiger partial charge in [-0.05, 0) is 29.7 Å². The SMILES string of the molecule is OCCC(N=Cc1cccc(Br)c1)c1ccccc1. The molecule has 0 saturated carbocycles. The van der Waals surface area contributed by atoms with Crippen LogP contribution in [0, 0.1) is 0 Å². The maximum atomic E-state index is 9.16. The molecule has 0 fully saturated rings. The van der Waals surface area contributed by atoms with Crippen molar-refractivity contribution in [2.45, 2.75) is 12.5 Å². The highest BCUT2D eigenvalue weighted by Gasteiger charge is 2.07. The van der Waals surface area contributed by atoms with Crippen molar-refractivity contribution in [3.63, 3.8) is 0 Å². The van der Waals surface area contributed by atoms with Crippen LogP contribution in [0.3, 0.4) is 0 Å². The smallest absolute Gasteiger partial charge is 0.0771 e. The highest BCUT2D eigenvalue weighted by molar-refractivity contribution is 9.10. The molecular formula is C16H16BrNO. The van der Waals surface area contributed by atoms with E-state index in [4.69, 9.17) is 5.11 Å². The van der Waals surface area contributed by atoms with Crippen molar-refractivity contribution in [3.05, 3.63) is 70.2 Å². The molecule has 1 atom stereocenters. The predicted molar refractivity (Wildman–Crippen MR) is 82.6 cm³/mol. The fraction of sp³-hybridized carbons (Fsp3) is 0.188. The second-order valence-electron chi connectivity index (χ2n) is 4.27. The van der Waals surface area contributed by atoms with E-state index in [1.54, 1.807) is 0 Å². The van der Waals surface area contributed by atoms with Crippen molar-refractivity contribution in [1.29, 1.82) is 0 Å². The summed E-state index contributed by atoms with van der Waals surface area (Å²) in [4.78, 5) is 4.59. The minimum absolute atomic E-state index is 0.00480. The lowest BCUT2D eigenvalue weighted by Crippen LogP contribution is -1.99. The molecule has 1 unspecified atom stereocenters. The molecule has 0 heterocycles. The average molecular weight is 318 g/mol. The zero-order chi connectivity index (χ0) is 13.5. The first-order valence-corrected chi connectivity index (χ1v) is 7.03. The van der Waals surface area contributed by atoms with Crippen LogP contribution in [-0.2, 0) is 0 Å². The Kier molecular flexibility index (Phi) is 5.31. The first-order chi connectivity index (χ1) is 9.29. The molecule has 19 heavy (non-hydrogen) atoms. The van der Waals surface area contributed by atoms with Gasteiger partial charge in [0.05, 0.1) is 6.04 Å². The van der Waals surface area contributed by atoms with Gasteiger partial charge in [0.25, 0.3) is 0 Å². The second-order valence-corrected chi connectivity index (χ2v) is 5.19. The van der Waals surface area contributed by atoms with Gasteiger partial charge in [-0.2, -0.15) is 0 Å². The molecule has 3 heteroatoms. The number of rotatable bonds is 5. The minimum Gasteiger partial charge on any atom is -0.396 e. The van der Waals surface area contributed by atoms with E-state index in [1.165, 1.54) is 0 Å². The maximum Gasteiger partial charge on any atom is 0.0771 e. The standard InChI is InChI=1S/C16H16BrNO/c17-15-8-4-5-13(11-15)12-18-16(9-10-19)14-6-2-1-3-7-14/h1-8,11-12,16,19H,9-10H2. The van der Waals surface area contributed by atoms with Gasteiger partial charge < -0.3 is 5.11 Å². The summed E-state index contributed by atoms with van der Waals surface area (Å²) < 4.78 is 1.04. The van der Waals surface area contributed by atoms with Crippen molar-refractivity contribution in [2.24, 2.45) is 4.99 Å². The Labute approximate surface area is 122 Å². The molecular weight excluding hydrogens is 302 g/mol. The summed E-state index contributed by atoms with van der Waals surface area (Å²) >= 11 is 3.44. The summed E-state index contributed by atoms with van der Waals surface area (Å²) in [6.07, 6.45) is 2.49. The van der Waals surface area contributed by atoms with Gasteiger partial charge in [0.15, 0.2) is 0 Å². The Bertz CT molecular complexity index is 539. The Hall–Kier alpha value is -1.45. The van der Waals surface area contributed by atoms with Gasteiger partial charge in [-0.3, -0.25) is 4.99 Å². The fourth-order valence-electron chi connectivity index (χ4n) is 1.89. The molecule has 0 aliphatic rings. The molecule has 98 valence electrons. The summed E-state index contributed by atoms with van der Waals surface area (Å²) in [6, 6.07) is 18.1. The molecule has 0 radical (unpaired) electrons. The van der Waals surface area contributed by atoms with Gasteiger partial charge >= 0.3 is 0 Å². The summed E-state index contributed by atoms with van der Waals surface area (Å²) in [5.74, 6) is 0. The number of nitrogens with zero attached hydrogens (tertiary/aromatic N) is 1. The van der Waals surface area contributed by atoms with Crippen LogP contribution in [0.5, 0.6) is 0 Å². The monoisotopic (exact) mass is 317 g/mol. The molecule has 1 N–H and O–H groups in total. The van der Waals surface area contributed by atoms with Crippen LogP contribution in [0.1, 0.15) is 23.6 Å². The molecule has 2 aromatic rings. The Morgan fingerprint density at radius 1 is 1.11 bits per heavy atom. The third kappa shape index (κ3) is 4.30. The normalized spacial score (nSPS) is 12.7. The second kappa shape index (κ2) is 7.22. The quantitative estimate of drug-likeness (QED) is 0.831. The minimum atomic E-state index is 0.00480. The van der Waals surface area contributed by atoms with Crippen LogP contribution in [0.2, 0.25) is 0 Å².